The molecule has 1 amide bonds. The van der Waals surface area contributed by atoms with Crippen molar-refractivity contribution in [3.8, 4) is 0 Å². The zero-order valence-electron chi connectivity index (χ0n) is 11.7. The molecule has 0 bridgehead atoms. The summed E-state index contributed by atoms with van der Waals surface area (Å²) in [5.41, 5.74) is 5.15. The van der Waals surface area contributed by atoms with Gasteiger partial charge in [-0.25, -0.2) is 12.8 Å². The van der Waals surface area contributed by atoms with Crippen LogP contribution in [0.4, 0.5) is 10.1 Å². The minimum Gasteiger partial charge on any atom is -0.396 e. The van der Waals surface area contributed by atoms with Gasteiger partial charge in [-0.15, -0.1) is 0 Å². The van der Waals surface area contributed by atoms with Gasteiger partial charge in [0.2, 0.25) is 15.9 Å². The zero-order valence-corrected chi connectivity index (χ0v) is 14.1. The molecular formula is C12H17BrFN3O3S. The summed E-state index contributed by atoms with van der Waals surface area (Å²) >= 11 is 3.01. The van der Waals surface area contributed by atoms with Gasteiger partial charge in [0.25, 0.3) is 0 Å². The van der Waals surface area contributed by atoms with Crippen molar-refractivity contribution in [2.75, 3.05) is 25.4 Å². The fourth-order valence-corrected chi connectivity index (χ4v) is 4.08. The van der Waals surface area contributed by atoms with E-state index in [0.717, 1.165) is 16.4 Å². The summed E-state index contributed by atoms with van der Waals surface area (Å²) < 4.78 is 39.4. The highest BCUT2D eigenvalue weighted by molar-refractivity contribution is 9.10. The van der Waals surface area contributed by atoms with Gasteiger partial charge in [0.05, 0.1) is 17.1 Å². The molecule has 1 aromatic carbocycles. The lowest BCUT2D eigenvalue weighted by Gasteiger charge is -2.21. The highest BCUT2D eigenvalue weighted by Crippen LogP contribution is 2.29. The van der Waals surface area contributed by atoms with Crippen LogP contribution in [0.3, 0.4) is 0 Å². The Morgan fingerprint density at radius 1 is 1.43 bits per heavy atom. The molecule has 0 unspecified atom stereocenters. The van der Waals surface area contributed by atoms with Gasteiger partial charge in [-0.2, -0.15) is 4.31 Å². The van der Waals surface area contributed by atoms with E-state index in [9.17, 15) is 17.6 Å². The van der Waals surface area contributed by atoms with Crippen LogP contribution in [0.1, 0.15) is 13.8 Å². The SMILES string of the molecule is CCNC(=O)CN(CC)S(=O)(=O)c1cc(N)c(F)cc1Br. The molecule has 9 heteroatoms. The first kappa shape index (κ1) is 17.9. The molecule has 0 atom stereocenters. The third-order valence-electron chi connectivity index (χ3n) is 2.72. The summed E-state index contributed by atoms with van der Waals surface area (Å²) in [6.07, 6.45) is 0. The van der Waals surface area contributed by atoms with E-state index in [-0.39, 0.29) is 28.1 Å². The molecule has 3 N–H and O–H groups in total. The van der Waals surface area contributed by atoms with Gasteiger partial charge in [0.15, 0.2) is 0 Å². The van der Waals surface area contributed by atoms with Crippen LogP contribution in [0.25, 0.3) is 0 Å². The molecule has 0 aliphatic rings. The monoisotopic (exact) mass is 381 g/mol. The summed E-state index contributed by atoms with van der Waals surface area (Å²) in [5, 5.41) is 2.53. The molecule has 0 aliphatic heterocycles. The Kier molecular flexibility index (Phi) is 6.11. The molecule has 1 rings (SSSR count). The maximum Gasteiger partial charge on any atom is 0.244 e. The lowest BCUT2D eigenvalue weighted by molar-refractivity contribution is -0.121. The maximum absolute atomic E-state index is 13.3. The smallest absolute Gasteiger partial charge is 0.244 e. The molecule has 0 spiro atoms. The summed E-state index contributed by atoms with van der Waals surface area (Å²) in [6.45, 7) is 3.54. The van der Waals surface area contributed by atoms with Crippen LogP contribution in [0, 0.1) is 5.82 Å². The molecule has 0 saturated carbocycles. The van der Waals surface area contributed by atoms with E-state index < -0.39 is 21.7 Å². The number of nitrogens with two attached hydrogens (primary N) is 1. The quantitative estimate of drug-likeness (QED) is 0.726. The minimum absolute atomic E-state index is 0.0588. The Morgan fingerprint density at radius 2 is 2.05 bits per heavy atom. The normalized spacial score (nSPS) is 11.7. The van der Waals surface area contributed by atoms with E-state index in [1.165, 1.54) is 0 Å². The predicted octanol–water partition coefficient (Wildman–Crippen LogP) is 1.32. The van der Waals surface area contributed by atoms with E-state index in [2.05, 4.69) is 21.2 Å². The maximum atomic E-state index is 13.3. The van der Waals surface area contributed by atoms with Crippen molar-refractivity contribution in [3.63, 3.8) is 0 Å². The van der Waals surface area contributed by atoms with Gasteiger partial charge in [-0.3, -0.25) is 4.79 Å². The zero-order chi connectivity index (χ0) is 16.2. The number of sulfonamides is 1. The Balaban J connectivity index is 3.19. The van der Waals surface area contributed by atoms with Crippen LogP contribution in [-0.4, -0.2) is 38.3 Å². The number of likely N-dealkylation sites (N-methyl/N-ethyl adjacent to an activating group) is 2. The van der Waals surface area contributed by atoms with Gasteiger partial charge in [0, 0.05) is 17.6 Å². The van der Waals surface area contributed by atoms with Crippen molar-refractivity contribution in [1.82, 2.24) is 9.62 Å². The van der Waals surface area contributed by atoms with Gasteiger partial charge in [-0.05, 0) is 35.0 Å². The Hall–Kier alpha value is -1.19. The Morgan fingerprint density at radius 3 is 2.57 bits per heavy atom. The van der Waals surface area contributed by atoms with Crippen LogP contribution in [0.15, 0.2) is 21.5 Å². The van der Waals surface area contributed by atoms with Crippen LogP contribution < -0.4 is 11.1 Å². The third kappa shape index (κ3) is 4.14. The lowest BCUT2D eigenvalue weighted by Crippen LogP contribution is -2.40. The van der Waals surface area contributed by atoms with E-state index in [0.29, 0.717) is 6.54 Å². The van der Waals surface area contributed by atoms with Gasteiger partial charge in [0.1, 0.15) is 5.82 Å². The fourth-order valence-electron chi connectivity index (χ4n) is 1.66. The molecule has 0 aromatic heterocycles. The predicted molar refractivity (Wildman–Crippen MR) is 81.6 cm³/mol. The number of nitrogens with zero attached hydrogens (tertiary/aromatic N) is 1. The minimum atomic E-state index is -3.96. The highest BCUT2D eigenvalue weighted by atomic mass is 79.9. The topological polar surface area (TPSA) is 92.5 Å². The standard InChI is InChI=1S/C12H17BrFN3O3S/c1-3-16-12(18)7-17(4-2)21(19,20)11-6-10(15)9(14)5-8(11)13/h5-6H,3-4,7,15H2,1-2H3,(H,16,18). The summed E-state index contributed by atoms with van der Waals surface area (Å²) in [4.78, 5) is 11.4. The molecule has 6 nitrogen and oxygen atoms in total. The first-order valence-corrected chi connectivity index (χ1v) is 8.48. The van der Waals surface area contributed by atoms with Gasteiger partial charge in [-0.1, -0.05) is 6.92 Å². The van der Waals surface area contributed by atoms with Crippen LogP contribution >= 0.6 is 15.9 Å². The summed E-state index contributed by atoms with van der Waals surface area (Å²) in [6, 6.07) is 2.03. The molecular weight excluding hydrogens is 365 g/mol. The van der Waals surface area contributed by atoms with Gasteiger partial charge >= 0.3 is 0 Å². The fraction of sp³-hybridized carbons (Fsp3) is 0.417. The van der Waals surface area contributed by atoms with Crippen LogP contribution in [-0.2, 0) is 14.8 Å². The average Bonchev–Trinajstić information content (AvgIpc) is 2.40. The number of hydrogen-bond donors (Lipinski definition) is 2. The summed E-state index contributed by atoms with van der Waals surface area (Å²) in [7, 11) is -3.96. The Bertz CT molecular complexity index is 637. The van der Waals surface area contributed by atoms with Crippen molar-refractivity contribution < 1.29 is 17.6 Å². The number of hydrogen-bond acceptors (Lipinski definition) is 4. The number of nitrogens with one attached hydrogen (secondary N) is 1. The third-order valence-corrected chi connectivity index (χ3v) is 5.59. The van der Waals surface area contributed by atoms with Crippen molar-refractivity contribution in [1.29, 1.82) is 0 Å². The van der Waals surface area contributed by atoms with Crippen LogP contribution in [0.5, 0.6) is 0 Å². The number of carbonyl (C=O) groups excluding carboxylic acids is 1. The molecule has 0 heterocycles. The van der Waals surface area contributed by atoms with E-state index in [1.54, 1.807) is 13.8 Å². The lowest BCUT2D eigenvalue weighted by atomic mass is 10.3. The first-order chi connectivity index (χ1) is 9.73. The van der Waals surface area contributed by atoms with Crippen LogP contribution in [0.2, 0.25) is 0 Å². The molecule has 0 fully saturated rings. The molecule has 118 valence electrons. The van der Waals surface area contributed by atoms with Crippen molar-refractivity contribution in [2.24, 2.45) is 0 Å². The first-order valence-electron chi connectivity index (χ1n) is 6.25. The number of carbonyl (C=O) groups is 1. The average molecular weight is 382 g/mol. The molecule has 21 heavy (non-hydrogen) atoms. The van der Waals surface area contributed by atoms with E-state index >= 15 is 0 Å². The second kappa shape index (κ2) is 7.19. The van der Waals surface area contributed by atoms with Crippen molar-refractivity contribution in [2.45, 2.75) is 18.7 Å². The molecule has 1 aromatic rings. The van der Waals surface area contributed by atoms with E-state index in [1.807, 2.05) is 0 Å². The second-order valence-electron chi connectivity index (χ2n) is 4.19. The molecule has 0 aliphatic carbocycles. The molecule has 0 saturated heterocycles. The highest BCUT2D eigenvalue weighted by Gasteiger charge is 2.28. The number of nitrogen functional groups attached to an aromatic ring is 1. The number of benzene rings is 1. The van der Waals surface area contributed by atoms with Gasteiger partial charge < -0.3 is 11.1 Å². The number of amides is 1. The second-order valence-corrected chi connectivity index (χ2v) is 6.95. The van der Waals surface area contributed by atoms with Crippen molar-refractivity contribution in [3.05, 3.63) is 22.4 Å². The summed E-state index contributed by atoms with van der Waals surface area (Å²) in [5.74, 6) is -1.12. The number of halogens is 2. The number of rotatable bonds is 6. The largest absolute Gasteiger partial charge is 0.396 e. The Labute approximate surface area is 131 Å². The number of anilines is 1. The van der Waals surface area contributed by atoms with Crippen molar-refractivity contribution >= 4 is 37.5 Å². The molecule has 0 radical (unpaired) electrons. The van der Waals surface area contributed by atoms with E-state index in [4.69, 9.17) is 5.73 Å².